The summed E-state index contributed by atoms with van der Waals surface area (Å²) in [5.41, 5.74) is 0. The molecule has 1 aromatic rings. The zero-order valence-electron chi connectivity index (χ0n) is 8.70. The summed E-state index contributed by atoms with van der Waals surface area (Å²) in [6, 6.07) is 8.10. The van der Waals surface area contributed by atoms with E-state index in [1.165, 1.54) is 30.5 Å². The van der Waals surface area contributed by atoms with E-state index in [2.05, 4.69) is 3.77 Å². The molecule has 1 rings (SSSR count). The van der Waals surface area contributed by atoms with Crippen LogP contribution in [-0.2, 0) is 19.2 Å². The highest BCUT2D eigenvalue weighted by atomic mass is 35.7. The van der Waals surface area contributed by atoms with Crippen LogP contribution >= 0.6 is 10.7 Å². The number of rotatable bonds is 3. The predicted octanol–water partition coefficient (Wildman–Crippen LogP) is 1.47. The molecule has 0 N–H and O–H groups in total. The van der Waals surface area contributed by atoms with Gasteiger partial charge in [0.1, 0.15) is 0 Å². The molecule has 0 aliphatic carbocycles. The van der Waals surface area contributed by atoms with E-state index in [0.717, 1.165) is 0 Å². The summed E-state index contributed by atoms with van der Waals surface area (Å²) >= 11 is 0. The van der Waals surface area contributed by atoms with Crippen LogP contribution in [0.2, 0.25) is 0 Å². The van der Waals surface area contributed by atoms with Crippen molar-refractivity contribution in [3.05, 3.63) is 30.3 Å². The average molecular weight is 283 g/mol. The molecule has 1 aromatic carbocycles. The Labute approximate surface area is 99.9 Å². The topological polar surface area (TPSA) is 66.8 Å². The van der Waals surface area contributed by atoms with Crippen molar-refractivity contribution in [3.8, 4) is 0 Å². The lowest BCUT2D eigenvalue weighted by molar-refractivity contribution is 0.589. The summed E-state index contributed by atoms with van der Waals surface area (Å²) in [6.45, 7) is 0. The Hall–Kier alpha value is -0.630. The maximum absolute atomic E-state index is 12.4. The van der Waals surface area contributed by atoms with Crippen LogP contribution in [0.5, 0.6) is 0 Å². The van der Waals surface area contributed by atoms with Gasteiger partial charge in [0.25, 0.3) is 0 Å². The first kappa shape index (κ1) is 13.4. The lowest BCUT2D eigenvalue weighted by Gasteiger charge is -2.15. The Balaban J connectivity index is 3.54. The normalized spacial score (nSPS) is 15.8. The van der Waals surface area contributed by atoms with Crippen LogP contribution in [0.25, 0.3) is 0 Å². The number of halogens is 1. The summed E-state index contributed by atoms with van der Waals surface area (Å²) in [5.74, 6) is 0. The Morgan fingerprint density at radius 1 is 1.12 bits per heavy atom. The van der Waals surface area contributed by atoms with Crippen molar-refractivity contribution in [2.75, 3.05) is 14.1 Å². The zero-order chi connectivity index (χ0) is 12.4. The summed E-state index contributed by atoms with van der Waals surface area (Å²) in [7, 11) is 0.559. The largest absolute Gasteiger partial charge is 0.348 e. The lowest BCUT2D eigenvalue weighted by Crippen LogP contribution is -2.22. The predicted molar refractivity (Wildman–Crippen MR) is 63.7 cm³/mol. The van der Waals surface area contributed by atoms with Gasteiger partial charge in [0.15, 0.2) is 9.92 Å². The minimum Gasteiger partial charge on any atom is -0.227 e. The number of nitrogens with zero attached hydrogens (tertiary/aromatic N) is 2. The SMILES string of the molecule is CN(C)[S@@](=O)(=NS(=O)(=O)Cl)c1ccccc1. The second kappa shape index (κ2) is 4.70. The van der Waals surface area contributed by atoms with Gasteiger partial charge in [0, 0.05) is 24.8 Å². The van der Waals surface area contributed by atoms with E-state index in [-0.39, 0.29) is 0 Å². The highest BCUT2D eigenvalue weighted by molar-refractivity contribution is 8.16. The molecule has 0 unspecified atom stereocenters. The standard InChI is InChI=1S/C8H11ClN2O3S2/c1-11(2)15(12,10-16(9,13)14)8-6-4-3-5-7-8/h3-7H,1-2H3/t15-/m0/s1. The molecule has 16 heavy (non-hydrogen) atoms. The maximum Gasteiger partial charge on any atom is 0.348 e. The van der Waals surface area contributed by atoms with Crippen LogP contribution in [0.3, 0.4) is 0 Å². The monoisotopic (exact) mass is 282 g/mol. The summed E-state index contributed by atoms with van der Waals surface area (Å²) in [6.07, 6.45) is 0. The third kappa shape index (κ3) is 3.18. The molecule has 0 heterocycles. The quantitative estimate of drug-likeness (QED) is 0.789. The molecule has 0 bridgehead atoms. The van der Waals surface area contributed by atoms with Crippen LogP contribution in [0.1, 0.15) is 0 Å². The first-order valence-corrected chi connectivity index (χ1v) is 7.95. The maximum atomic E-state index is 12.4. The smallest absolute Gasteiger partial charge is 0.227 e. The van der Waals surface area contributed by atoms with Gasteiger partial charge in [-0.2, -0.15) is 8.42 Å². The fourth-order valence-electron chi connectivity index (χ4n) is 1.04. The molecule has 90 valence electrons. The van der Waals surface area contributed by atoms with Crippen molar-refractivity contribution < 1.29 is 12.6 Å². The molecule has 0 aliphatic heterocycles. The van der Waals surface area contributed by atoms with Gasteiger partial charge in [-0.1, -0.05) is 22.0 Å². The molecule has 0 amide bonds. The fraction of sp³-hybridized carbons (Fsp3) is 0.250. The molecule has 0 fully saturated rings. The van der Waals surface area contributed by atoms with Crippen LogP contribution in [0, 0.1) is 0 Å². The van der Waals surface area contributed by atoms with Gasteiger partial charge in [-0.05, 0) is 12.1 Å². The molecule has 0 radical (unpaired) electrons. The van der Waals surface area contributed by atoms with Gasteiger partial charge in [0.2, 0.25) is 0 Å². The highest BCUT2D eigenvalue weighted by Crippen LogP contribution is 2.18. The average Bonchev–Trinajstić information content (AvgIpc) is 2.16. The van der Waals surface area contributed by atoms with Gasteiger partial charge < -0.3 is 0 Å². The van der Waals surface area contributed by atoms with Gasteiger partial charge in [-0.3, -0.25) is 0 Å². The van der Waals surface area contributed by atoms with Crippen molar-refractivity contribution in [1.82, 2.24) is 4.31 Å². The number of hydrogen-bond acceptors (Lipinski definition) is 3. The van der Waals surface area contributed by atoms with E-state index in [9.17, 15) is 12.6 Å². The van der Waals surface area contributed by atoms with E-state index in [1.54, 1.807) is 18.2 Å². The Morgan fingerprint density at radius 2 is 1.62 bits per heavy atom. The van der Waals surface area contributed by atoms with E-state index in [4.69, 9.17) is 10.7 Å². The fourth-order valence-corrected chi connectivity index (χ4v) is 4.50. The Bertz CT molecular complexity index is 575. The molecular weight excluding hydrogens is 272 g/mol. The van der Waals surface area contributed by atoms with E-state index < -0.39 is 19.2 Å². The molecule has 5 nitrogen and oxygen atoms in total. The Kier molecular flexibility index (Phi) is 3.95. The van der Waals surface area contributed by atoms with Crippen LogP contribution in [0.4, 0.5) is 0 Å². The summed E-state index contributed by atoms with van der Waals surface area (Å²) in [5, 5.41) is 0. The second-order valence-electron chi connectivity index (χ2n) is 3.11. The summed E-state index contributed by atoms with van der Waals surface area (Å²) in [4.78, 5) is 0.296. The lowest BCUT2D eigenvalue weighted by atomic mass is 10.4. The van der Waals surface area contributed by atoms with Crippen molar-refractivity contribution >= 4 is 29.8 Å². The van der Waals surface area contributed by atoms with Crippen molar-refractivity contribution in [1.29, 1.82) is 0 Å². The van der Waals surface area contributed by atoms with Crippen molar-refractivity contribution in [3.63, 3.8) is 0 Å². The molecule has 0 saturated heterocycles. The third-order valence-corrected chi connectivity index (χ3v) is 5.64. The summed E-state index contributed by atoms with van der Waals surface area (Å²) < 4.78 is 38.7. The molecule has 8 heteroatoms. The molecule has 0 saturated carbocycles. The van der Waals surface area contributed by atoms with Crippen LogP contribution in [-0.4, -0.2) is 31.0 Å². The van der Waals surface area contributed by atoms with Crippen LogP contribution < -0.4 is 0 Å². The minimum atomic E-state index is -4.19. The van der Waals surface area contributed by atoms with Gasteiger partial charge >= 0.3 is 9.24 Å². The number of hydrogen-bond donors (Lipinski definition) is 0. The molecule has 1 atom stereocenters. The van der Waals surface area contributed by atoms with Crippen molar-refractivity contribution in [2.45, 2.75) is 4.90 Å². The third-order valence-electron chi connectivity index (χ3n) is 1.74. The highest BCUT2D eigenvalue weighted by Gasteiger charge is 2.19. The Morgan fingerprint density at radius 3 is 2.00 bits per heavy atom. The van der Waals surface area contributed by atoms with Crippen LogP contribution in [0.15, 0.2) is 39.0 Å². The second-order valence-corrected chi connectivity index (χ2v) is 7.89. The van der Waals surface area contributed by atoms with Gasteiger partial charge in [0.05, 0.1) is 4.90 Å². The molecule has 0 spiro atoms. The first-order chi connectivity index (χ1) is 7.26. The molecule has 0 aromatic heterocycles. The van der Waals surface area contributed by atoms with E-state index >= 15 is 0 Å². The minimum absolute atomic E-state index is 0.296. The van der Waals surface area contributed by atoms with E-state index in [0.29, 0.717) is 4.90 Å². The molecular formula is C8H11ClN2O3S2. The van der Waals surface area contributed by atoms with Gasteiger partial charge in [-0.25, -0.2) is 8.51 Å². The van der Waals surface area contributed by atoms with Gasteiger partial charge in [-0.15, -0.1) is 0 Å². The molecule has 0 aliphatic rings. The first-order valence-electron chi connectivity index (χ1n) is 4.21. The van der Waals surface area contributed by atoms with Crippen molar-refractivity contribution in [2.24, 2.45) is 3.77 Å². The zero-order valence-corrected chi connectivity index (χ0v) is 11.1. The number of benzene rings is 1. The van der Waals surface area contributed by atoms with E-state index in [1.807, 2.05) is 0 Å².